The topological polar surface area (TPSA) is 81.1 Å². The van der Waals surface area contributed by atoms with E-state index >= 15 is 0 Å². The Morgan fingerprint density at radius 2 is 2.10 bits per heavy atom. The van der Waals surface area contributed by atoms with Gasteiger partial charge in [-0.05, 0) is 12.8 Å². The van der Waals surface area contributed by atoms with Crippen molar-refractivity contribution >= 4 is 25.6 Å². The molecule has 0 radical (unpaired) electrons. The number of amides is 1. The molecule has 0 aliphatic rings. The monoisotopic (exact) mass is 319 g/mol. The van der Waals surface area contributed by atoms with E-state index in [2.05, 4.69) is 17.0 Å². The Labute approximate surface area is 123 Å². The summed E-state index contributed by atoms with van der Waals surface area (Å²) in [5.74, 6) is -0.261. The van der Waals surface area contributed by atoms with Gasteiger partial charge < -0.3 is 5.32 Å². The van der Waals surface area contributed by atoms with E-state index in [4.69, 9.17) is 10.7 Å². The highest BCUT2D eigenvalue weighted by molar-refractivity contribution is 8.13. The van der Waals surface area contributed by atoms with E-state index in [1.807, 2.05) is 0 Å². The third kappa shape index (κ3) is 3.83. The molecule has 1 amide bonds. The van der Waals surface area contributed by atoms with Gasteiger partial charge in [-0.2, -0.15) is 5.10 Å². The summed E-state index contributed by atoms with van der Waals surface area (Å²) < 4.78 is 24.7. The predicted molar refractivity (Wildman–Crippen MR) is 77.2 cm³/mol. The molecule has 1 N–H and O–H groups in total. The Hall–Kier alpha value is -1.34. The highest BCUT2D eigenvalue weighted by Crippen LogP contribution is 2.25. The van der Waals surface area contributed by atoms with Gasteiger partial charge in [-0.15, -0.1) is 6.58 Å². The van der Waals surface area contributed by atoms with Gasteiger partial charge in [0.1, 0.15) is 11.4 Å². The lowest BCUT2D eigenvalue weighted by Crippen LogP contribution is -2.28. The van der Waals surface area contributed by atoms with Crippen molar-refractivity contribution in [1.29, 1.82) is 0 Å². The third-order valence-electron chi connectivity index (χ3n) is 2.73. The van der Waals surface area contributed by atoms with Crippen LogP contribution in [0.25, 0.3) is 0 Å². The van der Waals surface area contributed by atoms with Crippen molar-refractivity contribution in [3.05, 3.63) is 24.0 Å². The Bertz CT molecular complexity index is 608. The molecule has 8 heteroatoms. The molecule has 1 heterocycles. The molecule has 0 unspecified atom stereocenters. The summed E-state index contributed by atoms with van der Waals surface area (Å²) >= 11 is 0. The van der Waals surface area contributed by atoms with Gasteiger partial charge in [0.25, 0.3) is 9.05 Å². The highest BCUT2D eigenvalue weighted by Gasteiger charge is 2.25. The summed E-state index contributed by atoms with van der Waals surface area (Å²) in [6.07, 6.45) is 2.41. The van der Waals surface area contributed by atoms with Crippen LogP contribution in [0.4, 0.5) is 0 Å². The number of carbonyl (C=O) groups is 1. The van der Waals surface area contributed by atoms with Crippen LogP contribution in [0.1, 0.15) is 25.2 Å². The first-order valence-electron chi connectivity index (χ1n) is 6.25. The standard InChI is InChI=1S/C12H18ClN3O3S/c1-4-7-14-11(17)8-16-10(6-3)12(20(13,18)19)9(5-2)15-16/h4H,1,5-8H2,2-3H3,(H,14,17). The van der Waals surface area contributed by atoms with Crippen molar-refractivity contribution in [3.8, 4) is 0 Å². The van der Waals surface area contributed by atoms with Crippen LogP contribution in [0.3, 0.4) is 0 Å². The molecule has 112 valence electrons. The quantitative estimate of drug-likeness (QED) is 0.605. The largest absolute Gasteiger partial charge is 0.351 e. The smallest absolute Gasteiger partial charge is 0.264 e. The van der Waals surface area contributed by atoms with Gasteiger partial charge in [0.05, 0.1) is 11.4 Å². The lowest BCUT2D eigenvalue weighted by Gasteiger charge is -2.06. The second-order valence-corrected chi connectivity index (χ2v) is 6.62. The zero-order chi connectivity index (χ0) is 15.3. The minimum absolute atomic E-state index is 0.0284. The number of hydrogen-bond acceptors (Lipinski definition) is 4. The summed E-state index contributed by atoms with van der Waals surface area (Å²) in [4.78, 5) is 11.7. The maximum Gasteiger partial charge on any atom is 0.264 e. The van der Waals surface area contributed by atoms with Crippen molar-refractivity contribution < 1.29 is 13.2 Å². The number of rotatable bonds is 7. The molecule has 1 rings (SSSR count). The Kier molecular flexibility index (Phi) is 5.76. The highest BCUT2D eigenvalue weighted by atomic mass is 35.7. The van der Waals surface area contributed by atoms with Crippen LogP contribution in [0.2, 0.25) is 0 Å². The van der Waals surface area contributed by atoms with Crippen LogP contribution >= 0.6 is 10.7 Å². The lowest BCUT2D eigenvalue weighted by molar-refractivity contribution is -0.121. The van der Waals surface area contributed by atoms with Crippen molar-refractivity contribution in [1.82, 2.24) is 15.1 Å². The molecule has 0 saturated heterocycles. The summed E-state index contributed by atoms with van der Waals surface area (Å²) in [5.41, 5.74) is 0.832. The summed E-state index contributed by atoms with van der Waals surface area (Å²) in [6.45, 7) is 7.39. The number of hydrogen-bond donors (Lipinski definition) is 1. The normalized spacial score (nSPS) is 11.3. The molecule has 0 atom stereocenters. The van der Waals surface area contributed by atoms with Crippen LogP contribution < -0.4 is 5.32 Å². The fourth-order valence-corrected chi connectivity index (χ4v) is 3.43. The molecule has 0 saturated carbocycles. The predicted octanol–water partition coefficient (Wildman–Crippen LogP) is 1.24. The molecule has 0 spiro atoms. The number of nitrogens with one attached hydrogen (secondary N) is 1. The second kappa shape index (κ2) is 6.90. The minimum atomic E-state index is -3.88. The maximum absolute atomic E-state index is 11.7. The van der Waals surface area contributed by atoms with Crippen LogP contribution in [-0.4, -0.2) is 30.7 Å². The Morgan fingerprint density at radius 1 is 1.45 bits per heavy atom. The van der Waals surface area contributed by atoms with Gasteiger partial charge in [0, 0.05) is 17.2 Å². The second-order valence-electron chi connectivity index (χ2n) is 4.12. The first-order chi connectivity index (χ1) is 9.35. The summed E-state index contributed by atoms with van der Waals surface area (Å²) in [6, 6.07) is 0. The van der Waals surface area contributed by atoms with Crippen molar-refractivity contribution in [2.45, 2.75) is 38.1 Å². The molecular formula is C12H18ClN3O3S. The van der Waals surface area contributed by atoms with Gasteiger partial charge in [-0.3, -0.25) is 9.48 Å². The van der Waals surface area contributed by atoms with Gasteiger partial charge in [-0.1, -0.05) is 19.9 Å². The van der Waals surface area contributed by atoms with E-state index in [-0.39, 0.29) is 17.3 Å². The number of carbonyl (C=O) groups excluding carboxylic acids is 1. The van der Waals surface area contributed by atoms with Crippen LogP contribution in [0.15, 0.2) is 17.6 Å². The maximum atomic E-state index is 11.7. The molecule has 0 bridgehead atoms. The molecular weight excluding hydrogens is 302 g/mol. The van der Waals surface area contributed by atoms with E-state index in [9.17, 15) is 13.2 Å². The van der Waals surface area contributed by atoms with Gasteiger partial charge in [0.2, 0.25) is 5.91 Å². The van der Waals surface area contributed by atoms with Crippen molar-refractivity contribution in [3.63, 3.8) is 0 Å². The van der Waals surface area contributed by atoms with Crippen LogP contribution in [-0.2, 0) is 33.2 Å². The Morgan fingerprint density at radius 3 is 2.55 bits per heavy atom. The average molecular weight is 320 g/mol. The first kappa shape index (κ1) is 16.7. The third-order valence-corrected chi connectivity index (χ3v) is 4.15. The number of nitrogens with zero attached hydrogens (tertiary/aromatic N) is 2. The van der Waals surface area contributed by atoms with E-state index in [1.54, 1.807) is 19.9 Å². The van der Waals surface area contributed by atoms with E-state index in [1.165, 1.54) is 4.68 Å². The average Bonchev–Trinajstić information content (AvgIpc) is 2.73. The molecule has 6 nitrogen and oxygen atoms in total. The van der Waals surface area contributed by atoms with E-state index in [0.29, 0.717) is 30.8 Å². The zero-order valence-corrected chi connectivity index (χ0v) is 13.1. The van der Waals surface area contributed by atoms with E-state index in [0.717, 1.165) is 0 Å². The molecule has 0 fully saturated rings. The van der Waals surface area contributed by atoms with Crippen LogP contribution in [0, 0.1) is 0 Å². The van der Waals surface area contributed by atoms with Crippen molar-refractivity contribution in [2.75, 3.05) is 6.54 Å². The first-order valence-corrected chi connectivity index (χ1v) is 8.56. The lowest BCUT2D eigenvalue weighted by atomic mass is 10.2. The molecule has 1 aromatic heterocycles. The summed E-state index contributed by atoms with van der Waals surface area (Å²) in [5, 5.41) is 6.80. The molecule has 0 aromatic carbocycles. The number of halogens is 1. The molecule has 0 aliphatic carbocycles. The SMILES string of the molecule is C=CCNC(=O)Cn1nc(CC)c(S(=O)(=O)Cl)c1CC. The fraction of sp³-hybridized carbons (Fsp3) is 0.500. The number of aryl methyl sites for hydroxylation is 1. The molecule has 1 aromatic rings. The van der Waals surface area contributed by atoms with Crippen molar-refractivity contribution in [2.24, 2.45) is 0 Å². The van der Waals surface area contributed by atoms with Gasteiger partial charge >= 0.3 is 0 Å². The van der Waals surface area contributed by atoms with Crippen LogP contribution in [0.5, 0.6) is 0 Å². The van der Waals surface area contributed by atoms with Gasteiger partial charge in [-0.25, -0.2) is 8.42 Å². The molecule has 20 heavy (non-hydrogen) atoms. The molecule has 0 aliphatic heterocycles. The zero-order valence-electron chi connectivity index (χ0n) is 11.5. The minimum Gasteiger partial charge on any atom is -0.351 e. The fourth-order valence-electron chi connectivity index (χ4n) is 1.90. The van der Waals surface area contributed by atoms with E-state index < -0.39 is 9.05 Å². The summed E-state index contributed by atoms with van der Waals surface area (Å²) in [7, 11) is 1.59. The van der Waals surface area contributed by atoms with Gasteiger partial charge in [0.15, 0.2) is 0 Å². The Balaban J connectivity index is 3.18. The number of aromatic nitrogens is 2.